The Bertz CT molecular complexity index is 517. The van der Waals surface area contributed by atoms with Gasteiger partial charge in [0.15, 0.2) is 5.78 Å². The van der Waals surface area contributed by atoms with Crippen molar-refractivity contribution in [2.24, 2.45) is 5.41 Å². The van der Waals surface area contributed by atoms with Crippen LogP contribution in [0.4, 0.5) is 0 Å². The van der Waals surface area contributed by atoms with Gasteiger partial charge in [0.1, 0.15) is 5.41 Å². The lowest BCUT2D eigenvalue weighted by Crippen LogP contribution is -2.37. The van der Waals surface area contributed by atoms with E-state index in [4.69, 9.17) is 4.74 Å². The number of esters is 1. The molecule has 0 aliphatic carbocycles. The molecular formula is C15H20O4S. The van der Waals surface area contributed by atoms with E-state index in [2.05, 4.69) is 0 Å². The lowest BCUT2D eigenvalue weighted by atomic mass is 9.89. The van der Waals surface area contributed by atoms with E-state index in [-0.39, 0.29) is 18.1 Å². The van der Waals surface area contributed by atoms with Crippen LogP contribution in [0.1, 0.15) is 26.3 Å². The minimum Gasteiger partial charge on any atom is -0.465 e. The van der Waals surface area contributed by atoms with Gasteiger partial charge < -0.3 is 4.74 Å². The molecule has 110 valence electrons. The van der Waals surface area contributed by atoms with Gasteiger partial charge in [0, 0.05) is 4.90 Å². The molecule has 0 aliphatic rings. The van der Waals surface area contributed by atoms with Crippen LogP contribution < -0.4 is 0 Å². The molecule has 0 bridgehead atoms. The first kappa shape index (κ1) is 16.6. The fraction of sp³-hybridized carbons (Fsp3) is 0.467. The SMILES string of the molecule is CCOC(=O)C(C)(C)C(=O)CS(=O)c1ccc(C)cc1. The summed E-state index contributed by atoms with van der Waals surface area (Å²) >= 11 is 0. The van der Waals surface area contributed by atoms with Gasteiger partial charge in [0.25, 0.3) is 0 Å². The highest BCUT2D eigenvalue weighted by atomic mass is 32.2. The largest absolute Gasteiger partial charge is 0.465 e. The third kappa shape index (κ3) is 4.00. The van der Waals surface area contributed by atoms with Crippen LogP contribution in [-0.4, -0.2) is 28.3 Å². The van der Waals surface area contributed by atoms with Crippen molar-refractivity contribution < 1.29 is 18.5 Å². The summed E-state index contributed by atoms with van der Waals surface area (Å²) in [4.78, 5) is 24.5. The number of aryl methyl sites for hydroxylation is 1. The van der Waals surface area contributed by atoms with Crippen molar-refractivity contribution in [1.82, 2.24) is 0 Å². The smallest absolute Gasteiger partial charge is 0.319 e. The maximum Gasteiger partial charge on any atom is 0.319 e. The summed E-state index contributed by atoms with van der Waals surface area (Å²) in [5.74, 6) is -1.14. The van der Waals surface area contributed by atoms with Crippen LogP contribution in [0.3, 0.4) is 0 Å². The topological polar surface area (TPSA) is 60.4 Å². The van der Waals surface area contributed by atoms with Gasteiger partial charge in [-0.25, -0.2) is 0 Å². The number of carbonyl (C=O) groups is 2. The summed E-state index contributed by atoms with van der Waals surface area (Å²) in [5, 5.41) is 0. The minimum atomic E-state index is -1.45. The van der Waals surface area contributed by atoms with E-state index in [0.29, 0.717) is 4.90 Å². The summed E-state index contributed by atoms with van der Waals surface area (Å²) in [5.41, 5.74) is -0.208. The standard InChI is InChI=1S/C15H20O4S/c1-5-19-14(17)15(3,4)13(16)10-20(18)12-8-6-11(2)7-9-12/h6-9H,5,10H2,1-4H3. The van der Waals surface area contributed by atoms with E-state index in [1.807, 2.05) is 19.1 Å². The van der Waals surface area contributed by atoms with Crippen LogP contribution in [0.2, 0.25) is 0 Å². The molecule has 0 radical (unpaired) electrons. The molecule has 0 aromatic heterocycles. The van der Waals surface area contributed by atoms with Crippen molar-refractivity contribution in [3.63, 3.8) is 0 Å². The number of hydrogen-bond acceptors (Lipinski definition) is 4. The Balaban J connectivity index is 2.77. The normalized spacial score (nSPS) is 12.8. The molecule has 1 aromatic rings. The predicted octanol–water partition coefficient (Wildman–Crippen LogP) is 2.26. The quantitative estimate of drug-likeness (QED) is 0.597. The molecule has 0 heterocycles. The minimum absolute atomic E-state index is 0.186. The van der Waals surface area contributed by atoms with Crippen molar-refractivity contribution in [2.45, 2.75) is 32.6 Å². The van der Waals surface area contributed by atoms with Crippen molar-refractivity contribution >= 4 is 22.6 Å². The molecule has 1 atom stereocenters. The van der Waals surface area contributed by atoms with Crippen molar-refractivity contribution in [3.05, 3.63) is 29.8 Å². The molecule has 0 fully saturated rings. The summed E-state index contributed by atoms with van der Waals surface area (Å²) in [6, 6.07) is 7.15. The first-order valence-corrected chi connectivity index (χ1v) is 7.76. The maximum absolute atomic E-state index is 12.1. The zero-order valence-corrected chi connectivity index (χ0v) is 13.1. The molecule has 0 aliphatic heterocycles. The van der Waals surface area contributed by atoms with Crippen LogP contribution >= 0.6 is 0 Å². The van der Waals surface area contributed by atoms with Gasteiger partial charge in [-0.05, 0) is 39.8 Å². The predicted molar refractivity (Wildman–Crippen MR) is 77.9 cm³/mol. The molecule has 0 N–H and O–H groups in total. The monoisotopic (exact) mass is 296 g/mol. The zero-order chi connectivity index (χ0) is 15.3. The van der Waals surface area contributed by atoms with Crippen LogP contribution in [0, 0.1) is 12.3 Å². The van der Waals surface area contributed by atoms with Gasteiger partial charge in [-0.2, -0.15) is 0 Å². The molecule has 20 heavy (non-hydrogen) atoms. The van der Waals surface area contributed by atoms with E-state index in [9.17, 15) is 13.8 Å². The fourth-order valence-corrected chi connectivity index (χ4v) is 2.70. The Morgan fingerprint density at radius 3 is 2.25 bits per heavy atom. The Morgan fingerprint density at radius 1 is 1.20 bits per heavy atom. The molecule has 0 spiro atoms. The molecule has 1 rings (SSSR count). The third-order valence-corrected chi connectivity index (χ3v) is 4.35. The Kier molecular flexibility index (Phi) is 5.62. The van der Waals surface area contributed by atoms with Crippen molar-refractivity contribution in [2.75, 3.05) is 12.4 Å². The second-order valence-electron chi connectivity index (χ2n) is 5.07. The molecule has 0 saturated carbocycles. The molecule has 1 aromatic carbocycles. The molecule has 4 nitrogen and oxygen atoms in total. The van der Waals surface area contributed by atoms with Gasteiger partial charge in [0.2, 0.25) is 0 Å². The van der Waals surface area contributed by atoms with Crippen LogP contribution in [0.15, 0.2) is 29.2 Å². The van der Waals surface area contributed by atoms with Gasteiger partial charge in [-0.1, -0.05) is 17.7 Å². The highest BCUT2D eigenvalue weighted by molar-refractivity contribution is 7.85. The van der Waals surface area contributed by atoms with E-state index >= 15 is 0 Å². The summed E-state index contributed by atoms with van der Waals surface area (Å²) < 4.78 is 17.0. The summed E-state index contributed by atoms with van der Waals surface area (Å²) in [7, 11) is -1.45. The number of rotatable bonds is 6. The highest BCUT2D eigenvalue weighted by Crippen LogP contribution is 2.21. The number of ether oxygens (including phenoxy) is 1. The fourth-order valence-electron chi connectivity index (χ4n) is 1.50. The molecule has 5 heteroatoms. The average Bonchev–Trinajstić information content (AvgIpc) is 2.39. The van der Waals surface area contributed by atoms with Crippen molar-refractivity contribution in [1.29, 1.82) is 0 Å². The van der Waals surface area contributed by atoms with E-state index in [1.165, 1.54) is 13.8 Å². The number of hydrogen-bond donors (Lipinski definition) is 0. The number of Topliss-reactive ketones (excluding diaryl/α,β-unsaturated/α-hetero) is 1. The third-order valence-electron chi connectivity index (χ3n) is 3.03. The first-order chi connectivity index (χ1) is 9.28. The second kappa shape index (κ2) is 6.79. The maximum atomic E-state index is 12.1. The van der Waals surface area contributed by atoms with Gasteiger partial charge >= 0.3 is 5.97 Å². The van der Waals surface area contributed by atoms with E-state index in [1.54, 1.807) is 19.1 Å². The van der Waals surface area contributed by atoms with Gasteiger partial charge in [-0.3, -0.25) is 13.8 Å². The van der Waals surface area contributed by atoms with E-state index < -0.39 is 22.2 Å². The number of benzene rings is 1. The zero-order valence-electron chi connectivity index (χ0n) is 12.3. The van der Waals surface area contributed by atoms with Crippen LogP contribution in [0.25, 0.3) is 0 Å². The number of carbonyl (C=O) groups excluding carboxylic acids is 2. The Hall–Kier alpha value is -1.49. The Labute approximate surface area is 122 Å². The molecule has 0 amide bonds. The highest BCUT2D eigenvalue weighted by Gasteiger charge is 2.37. The molecule has 1 unspecified atom stereocenters. The average molecular weight is 296 g/mol. The van der Waals surface area contributed by atoms with E-state index in [0.717, 1.165) is 5.56 Å². The Morgan fingerprint density at radius 2 is 1.75 bits per heavy atom. The van der Waals surface area contributed by atoms with Crippen molar-refractivity contribution in [3.8, 4) is 0 Å². The second-order valence-corrected chi connectivity index (χ2v) is 6.52. The molecular weight excluding hydrogens is 276 g/mol. The van der Waals surface area contributed by atoms with Crippen LogP contribution in [0.5, 0.6) is 0 Å². The van der Waals surface area contributed by atoms with Gasteiger partial charge in [-0.15, -0.1) is 0 Å². The number of ketones is 1. The summed E-state index contributed by atoms with van der Waals surface area (Å²) in [6.07, 6.45) is 0. The molecule has 0 saturated heterocycles. The first-order valence-electron chi connectivity index (χ1n) is 6.44. The lowest BCUT2D eigenvalue weighted by Gasteiger charge is -2.20. The van der Waals surface area contributed by atoms with Gasteiger partial charge in [0.05, 0.1) is 23.2 Å². The van der Waals surface area contributed by atoms with Crippen LogP contribution in [-0.2, 0) is 25.1 Å². The summed E-state index contributed by atoms with van der Waals surface area (Å²) in [6.45, 7) is 6.83. The lowest BCUT2D eigenvalue weighted by molar-refractivity contribution is -0.157.